The standard InChI is InChI=1S/C73H119N17O16/c1-10-44(8)61(89-59(93)37-77)72(105)87-57(36-47-38-78-49-25-15-14-24-48(47)49)69(102)81-51(27-17-20-30-75)65(98)88-58(40-91)71(104)85-55(34-43(6)7)68(101)86-56(35-46-22-12-11-13-23-46)70(103)90-62(45(9)92)73(106)82-52(28-18-21-31-76)64(97)83-54(33-42(4)5)67(100)84-53(32-41(2)3)66(99)80-50(26-16-19-29-74)63(96)79-39-60(94)95/h11-15,22-25,38,41-45,50-58,61-62,78,91-92H,10,16-21,26-37,39-40,74-77H2,1-9H3,(H,79,96)(H,80,99)(H,81,102)(H,82,106)(H,83,97)(H,84,100)(H,85,104)(H,86,101)(H,87,105)(H,88,98)(H,89,93)(H,90,103)(H,94,95)/t44-,45+,50-,51-,52-,53-,54-,55-,56-,57-,58-,61-,62-/m0/s1. The first-order chi connectivity index (χ1) is 50.3. The summed E-state index contributed by atoms with van der Waals surface area (Å²) < 4.78 is 0. The molecule has 0 fully saturated rings. The molecule has 0 spiro atoms. The summed E-state index contributed by atoms with van der Waals surface area (Å²) in [4.78, 5) is 184. The molecule has 13 atom stereocenters. The van der Waals surface area contributed by atoms with Gasteiger partial charge in [-0.05, 0) is 144 Å². The first kappa shape index (κ1) is 91.1. The minimum absolute atomic E-state index is 0.0243. The Morgan fingerprint density at radius 3 is 1.25 bits per heavy atom. The molecule has 12 amide bonds. The second-order valence-corrected chi connectivity index (χ2v) is 28.2. The molecule has 0 aliphatic carbocycles. The van der Waals surface area contributed by atoms with E-state index in [0.717, 1.165) is 10.9 Å². The Hall–Kier alpha value is -9.15. The molecule has 3 aromatic rings. The summed E-state index contributed by atoms with van der Waals surface area (Å²) in [5, 5.41) is 63.4. The number of amides is 12. The molecule has 0 saturated heterocycles. The van der Waals surface area contributed by atoms with Crippen molar-refractivity contribution in [3.05, 3.63) is 71.9 Å². The number of para-hydroxylation sites is 1. The number of aliphatic carboxylic acids is 1. The van der Waals surface area contributed by atoms with Crippen LogP contribution < -0.4 is 86.7 Å². The number of nitrogens with two attached hydrogens (primary N) is 4. The minimum Gasteiger partial charge on any atom is -0.480 e. The van der Waals surface area contributed by atoms with Gasteiger partial charge >= 0.3 is 5.97 Å². The summed E-state index contributed by atoms with van der Waals surface area (Å²) in [6, 6.07) is 0.193. The van der Waals surface area contributed by atoms with Gasteiger partial charge < -0.3 is 107 Å². The predicted molar refractivity (Wildman–Crippen MR) is 398 cm³/mol. The third-order valence-corrected chi connectivity index (χ3v) is 17.7. The lowest BCUT2D eigenvalue weighted by atomic mass is 9.97. The van der Waals surface area contributed by atoms with Crippen molar-refractivity contribution in [2.45, 2.75) is 231 Å². The summed E-state index contributed by atoms with van der Waals surface area (Å²) in [5.74, 6) is -12.6. The van der Waals surface area contributed by atoms with E-state index in [1.165, 1.54) is 6.92 Å². The normalized spacial score (nSPS) is 15.1. The van der Waals surface area contributed by atoms with Gasteiger partial charge in [0.25, 0.3) is 0 Å². The molecule has 24 N–H and O–H groups in total. The van der Waals surface area contributed by atoms with E-state index in [0.29, 0.717) is 56.2 Å². The van der Waals surface area contributed by atoms with Crippen LogP contribution in [0.3, 0.4) is 0 Å². The average molecular weight is 1490 g/mol. The fourth-order valence-corrected chi connectivity index (χ4v) is 11.7. The van der Waals surface area contributed by atoms with Gasteiger partial charge in [0, 0.05) is 29.9 Å². The van der Waals surface area contributed by atoms with Crippen molar-refractivity contribution in [1.29, 1.82) is 0 Å². The van der Waals surface area contributed by atoms with Crippen LogP contribution in [0.25, 0.3) is 10.9 Å². The van der Waals surface area contributed by atoms with Crippen molar-refractivity contribution < 1.29 is 77.6 Å². The van der Waals surface area contributed by atoms with E-state index in [4.69, 9.17) is 22.9 Å². The van der Waals surface area contributed by atoms with E-state index in [9.17, 15) is 77.6 Å². The highest BCUT2D eigenvalue weighted by atomic mass is 16.4. The molecule has 2 aromatic carbocycles. The molecule has 106 heavy (non-hydrogen) atoms. The van der Waals surface area contributed by atoms with Crippen molar-refractivity contribution in [2.24, 2.45) is 46.6 Å². The maximum atomic E-state index is 14.7. The summed E-state index contributed by atoms with van der Waals surface area (Å²) in [7, 11) is 0. The Morgan fingerprint density at radius 2 is 0.802 bits per heavy atom. The van der Waals surface area contributed by atoms with Crippen molar-refractivity contribution in [2.75, 3.05) is 39.3 Å². The summed E-state index contributed by atoms with van der Waals surface area (Å²) >= 11 is 0. The largest absolute Gasteiger partial charge is 0.480 e. The highest BCUT2D eigenvalue weighted by Gasteiger charge is 2.39. The number of unbranched alkanes of at least 4 members (excludes halogenated alkanes) is 3. The van der Waals surface area contributed by atoms with Crippen LogP contribution in [-0.2, 0) is 75.2 Å². The van der Waals surface area contributed by atoms with Gasteiger partial charge in [-0.25, -0.2) is 0 Å². The lowest BCUT2D eigenvalue weighted by Crippen LogP contribution is -2.62. The number of hydrogen-bond acceptors (Lipinski definition) is 19. The molecule has 592 valence electrons. The van der Waals surface area contributed by atoms with Crippen molar-refractivity contribution in [3.63, 3.8) is 0 Å². The molecule has 0 radical (unpaired) electrons. The van der Waals surface area contributed by atoms with Gasteiger partial charge in [-0.2, -0.15) is 0 Å². The summed E-state index contributed by atoms with van der Waals surface area (Å²) in [6.07, 6.45) is 2.59. The summed E-state index contributed by atoms with van der Waals surface area (Å²) in [6.45, 7) is 14.1. The number of aliphatic hydroxyl groups excluding tert-OH is 2. The van der Waals surface area contributed by atoms with Crippen LogP contribution in [-0.4, -0.2) is 209 Å². The Morgan fingerprint density at radius 1 is 0.425 bits per heavy atom. The predicted octanol–water partition coefficient (Wildman–Crippen LogP) is -1.61. The highest BCUT2D eigenvalue weighted by molar-refractivity contribution is 6.00. The van der Waals surface area contributed by atoms with Crippen LogP contribution in [0.15, 0.2) is 60.8 Å². The number of nitrogens with one attached hydrogen (secondary N) is 13. The van der Waals surface area contributed by atoms with Crippen LogP contribution in [0.5, 0.6) is 0 Å². The van der Waals surface area contributed by atoms with Crippen LogP contribution in [0.1, 0.15) is 157 Å². The molecule has 0 aliphatic heterocycles. The van der Waals surface area contributed by atoms with Crippen molar-refractivity contribution >= 4 is 87.8 Å². The minimum atomic E-state index is -1.80. The first-order valence-electron chi connectivity index (χ1n) is 36.8. The Balaban J connectivity index is 1.95. The lowest BCUT2D eigenvalue weighted by molar-refractivity contribution is -0.138. The quantitative estimate of drug-likeness (QED) is 0.0283. The number of carboxylic acid groups (broad SMARTS) is 1. The fourth-order valence-electron chi connectivity index (χ4n) is 11.7. The zero-order valence-corrected chi connectivity index (χ0v) is 62.8. The number of benzene rings is 2. The molecule has 0 bridgehead atoms. The maximum Gasteiger partial charge on any atom is 0.322 e. The van der Waals surface area contributed by atoms with Crippen LogP contribution in [0.2, 0.25) is 0 Å². The summed E-state index contributed by atoms with van der Waals surface area (Å²) in [5.41, 5.74) is 24.8. The number of carboxylic acids is 1. The smallest absolute Gasteiger partial charge is 0.322 e. The van der Waals surface area contributed by atoms with Crippen molar-refractivity contribution in [1.82, 2.24) is 68.8 Å². The van der Waals surface area contributed by atoms with E-state index in [1.54, 1.807) is 91.1 Å². The molecule has 3 rings (SSSR count). The zero-order chi connectivity index (χ0) is 79.2. The monoisotopic (exact) mass is 1490 g/mol. The first-order valence-corrected chi connectivity index (χ1v) is 36.8. The third-order valence-electron chi connectivity index (χ3n) is 17.7. The molecule has 1 heterocycles. The molecular weight excluding hydrogens is 1370 g/mol. The SMILES string of the molecule is CC[C@H](C)[C@H](NC(=O)CN)C(=O)N[C@@H](Cc1c[nH]c2ccccc12)C(=O)N[C@@H](CCCCN)C(=O)N[C@@H](CO)C(=O)N[C@@H](CC(C)C)C(=O)N[C@@H](Cc1ccccc1)C(=O)N[C@H](C(=O)N[C@@H](CCCCN)C(=O)N[C@@H](CC(C)C)C(=O)N[C@@H](CC(C)C)C(=O)N[C@@H](CCCCN)C(=O)NCC(=O)O)[C@@H](C)O. The van der Waals surface area contributed by atoms with Gasteiger partial charge in [-0.15, -0.1) is 0 Å². The number of aliphatic hydroxyl groups is 2. The van der Waals surface area contributed by atoms with Gasteiger partial charge in [0.05, 0.1) is 19.3 Å². The molecule has 0 unspecified atom stereocenters. The topological polar surface area (TPSA) is 547 Å². The number of hydrogen-bond donors (Lipinski definition) is 20. The number of H-pyrrole nitrogens is 1. The number of rotatable bonds is 51. The average Bonchev–Trinajstić information content (AvgIpc) is 1.57. The molecular formula is C73H119N17O16. The number of fused-ring (bicyclic) bond motifs is 1. The zero-order valence-electron chi connectivity index (χ0n) is 62.8. The maximum absolute atomic E-state index is 14.7. The number of carbonyl (C=O) groups excluding carboxylic acids is 12. The molecule has 33 heteroatoms. The number of aromatic nitrogens is 1. The van der Waals surface area contributed by atoms with Crippen LogP contribution in [0, 0.1) is 23.7 Å². The second-order valence-electron chi connectivity index (χ2n) is 28.2. The molecule has 33 nitrogen and oxygen atoms in total. The fraction of sp³-hybridized carbons (Fsp3) is 0.630. The van der Waals surface area contributed by atoms with Gasteiger partial charge in [0.15, 0.2) is 0 Å². The van der Waals surface area contributed by atoms with Gasteiger partial charge in [-0.3, -0.25) is 62.3 Å². The van der Waals surface area contributed by atoms with Crippen LogP contribution in [0.4, 0.5) is 0 Å². The Labute approximate surface area is 620 Å². The van der Waals surface area contributed by atoms with E-state index < -0.39 is 175 Å². The number of aromatic amines is 1. The second kappa shape index (κ2) is 48.1. The van der Waals surface area contributed by atoms with E-state index in [1.807, 2.05) is 25.1 Å². The van der Waals surface area contributed by atoms with Crippen LogP contribution >= 0.6 is 0 Å². The lowest BCUT2D eigenvalue weighted by Gasteiger charge is -2.30. The van der Waals surface area contributed by atoms with E-state index >= 15 is 0 Å². The Kier molecular flexibility index (Phi) is 41.3. The van der Waals surface area contributed by atoms with Gasteiger partial charge in [0.1, 0.15) is 73.0 Å². The van der Waals surface area contributed by atoms with Gasteiger partial charge in [0.2, 0.25) is 70.9 Å². The third kappa shape index (κ3) is 32.3. The van der Waals surface area contributed by atoms with Gasteiger partial charge in [-0.1, -0.05) is 110 Å². The molecule has 1 aromatic heterocycles. The Bertz CT molecular complexity index is 3320. The molecule has 0 aliphatic rings. The van der Waals surface area contributed by atoms with Crippen molar-refractivity contribution in [3.8, 4) is 0 Å². The molecule has 0 saturated carbocycles. The highest BCUT2D eigenvalue weighted by Crippen LogP contribution is 2.21. The van der Waals surface area contributed by atoms with E-state index in [-0.39, 0.29) is 88.6 Å². The number of carbonyl (C=O) groups is 13. The van der Waals surface area contributed by atoms with E-state index in [2.05, 4.69) is 68.8 Å².